The Bertz CT molecular complexity index is 1430. The van der Waals surface area contributed by atoms with E-state index in [0.717, 1.165) is 49.7 Å². The van der Waals surface area contributed by atoms with E-state index >= 15 is 0 Å². The summed E-state index contributed by atoms with van der Waals surface area (Å²) in [4.78, 5) is 24.3. The van der Waals surface area contributed by atoms with Crippen molar-refractivity contribution in [1.29, 1.82) is 0 Å². The molecule has 0 unspecified atom stereocenters. The van der Waals surface area contributed by atoms with Crippen molar-refractivity contribution >= 4 is 28.3 Å². The van der Waals surface area contributed by atoms with Crippen molar-refractivity contribution in [2.24, 2.45) is 17.8 Å². The van der Waals surface area contributed by atoms with Gasteiger partial charge >= 0.3 is 5.97 Å². The number of hydrogen-bond donors (Lipinski definition) is 3. The van der Waals surface area contributed by atoms with Crippen LogP contribution in [-0.2, 0) is 4.79 Å². The van der Waals surface area contributed by atoms with Gasteiger partial charge in [-0.3, -0.25) is 4.79 Å². The number of nitrogens with zero attached hydrogens (tertiary/aromatic N) is 4. The molecule has 0 amide bonds. The molecule has 4 heterocycles. The number of carboxylic acids is 1. The van der Waals surface area contributed by atoms with Crippen molar-refractivity contribution in [3.8, 4) is 11.4 Å². The van der Waals surface area contributed by atoms with Gasteiger partial charge in [0, 0.05) is 34.8 Å². The number of halogens is 1. The number of anilines is 1. The first-order valence-electron chi connectivity index (χ1n) is 12.1. The average molecular weight is 461 g/mol. The summed E-state index contributed by atoms with van der Waals surface area (Å²) >= 11 is 0. The Morgan fingerprint density at radius 2 is 1.94 bits per heavy atom. The van der Waals surface area contributed by atoms with E-state index in [-0.39, 0.29) is 12.0 Å². The number of carbonyl (C=O) groups is 1. The first-order chi connectivity index (χ1) is 16.6. The highest BCUT2D eigenvalue weighted by atomic mass is 19.1. The van der Waals surface area contributed by atoms with E-state index in [0.29, 0.717) is 40.1 Å². The minimum absolute atomic E-state index is 0.169. The van der Waals surface area contributed by atoms with Gasteiger partial charge in [0.2, 0.25) is 0 Å². The Balaban J connectivity index is 1.38. The molecule has 34 heavy (non-hydrogen) atoms. The molecule has 9 heteroatoms. The quantitative estimate of drug-likeness (QED) is 0.402. The Morgan fingerprint density at radius 1 is 1.15 bits per heavy atom. The van der Waals surface area contributed by atoms with E-state index in [9.17, 15) is 14.3 Å². The second-order valence-corrected chi connectivity index (χ2v) is 10.1. The zero-order valence-electron chi connectivity index (χ0n) is 18.5. The molecule has 8 rings (SSSR count). The number of carboxylic acid groups (broad SMARTS) is 1. The predicted molar refractivity (Wildman–Crippen MR) is 124 cm³/mol. The van der Waals surface area contributed by atoms with Gasteiger partial charge in [-0.05, 0) is 68.6 Å². The van der Waals surface area contributed by atoms with Gasteiger partial charge in [0.05, 0.1) is 12.1 Å². The van der Waals surface area contributed by atoms with Gasteiger partial charge in [-0.15, -0.1) is 5.10 Å². The van der Waals surface area contributed by atoms with Crippen LogP contribution in [0.15, 0.2) is 30.6 Å². The summed E-state index contributed by atoms with van der Waals surface area (Å²) in [6, 6.07) is 5.38. The molecule has 4 aromatic rings. The SMILES string of the molecule is O=C(O)[C@@H]1C2CCC(CC2)[C@H]1Nc1nc(-c2c[nH]c3ncc(F)cc23)nn2c(C3CC3)ccc12. The van der Waals surface area contributed by atoms with E-state index in [2.05, 4.69) is 21.4 Å². The Morgan fingerprint density at radius 3 is 2.71 bits per heavy atom. The third-order valence-corrected chi connectivity index (χ3v) is 8.08. The normalized spacial score (nSPS) is 26.4. The standard InChI is InChI=1S/C25H25FN6O2/c26-15-9-16-17(11-28-22(16)27-10-15)23-30-24(19-8-7-18(12-1-2-12)32(19)31-23)29-21-14-5-3-13(4-6-14)20(21)25(33)34/h7-14,20-21H,1-6H2,(H,27,28)(H,33,34)(H,29,30,31)/t13?,14?,20-,21-/m1/s1. The van der Waals surface area contributed by atoms with E-state index in [1.165, 1.54) is 12.3 Å². The monoisotopic (exact) mass is 460 g/mol. The van der Waals surface area contributed by atoms with Crippen LogP contribution < -0.4 is 5.32 Å². The van der Waals surface area contributed by atoms with Crippen molar-refractivity contribution in [3.05, 3.63) is 42.1 Å². The molecule has 4 saturated carbocycles. The molecule has 8 nitrogen and oxygen atoms in total. The van der Waals surface area contributed by atoms with Crippen LogP contribution in [0.1, 0.15) is 50.1 Å². The topological polar surface area (TPSA) is 108 Å². The van der Waals surface area contributed by atoms with Crippen LogP contribution in [-0.4, -0.2) is 41.7 Å². The molecule has 0 spiro atoms. The molecule has 2 bridgehead atoms. The van der Waals surface area contributed by atoms with Crippen molar-refractivity contribution in [1.82, 2.24) is 24.6 Å². The third kappa shape index (κ3) is 3.02. The summed E-state index contributed by atoms with van der Waals surface area (Å²) in [6.45, 7) is 0. The van der Waals surface area contributed by atoms with E-state index in [1.54, 1.807) is 6.20 Å². The number of fused-ring (bicyclic) bond motifs is 5. The second-order valence-electron chi connectivity index (χ2n) is 10.1. The molecular weight excluding hydrogens is 435 g/mol. The summed E-state index contributed by atoms with van der Waals surface area (Å²) in [5.74, 6) is 0.508. The number of aromatic amines is 1. The second kappa shape index (κ2) is 7.25. The molecule has 4 aromatic heterocycles. The molecule has 174 valence electrons. The van der Waals surface area contributed by atoms with Crippen LogP contribution in [0, 0.1) is 23.6 Å². The Labute approximate surface area is 194 Å². The number of pyridine rings is 1. The maximum Gasteiger partial charge on any atom is 0.308 e. The molecule has 3 N–H and O–H groups in total. The van der Waals surface area contributed by atoms with Gasteiger partial charge in [0.15, 0.2) is 11.6 Å². The molecule has 4 aliphatic rings. The Kier molecular flexibility index (Phi) is 4.25. The van der Waals surface area contributed by atoms with Crippen molar-refractivity contribution < 1.29 is 14.3 Å². The summed E-state index contributed by atoms with van der Waals surface area (Å²) in [5, 5.41) is 19.1. The lowest BCUT2D eigenvalue weighted by atomic mass is 9.61. The summed E-state index contributed by atoms with van der Waals surface area (Å²) in [7, 11) is 0. The zero-order chi connectivity index (χ0) is 23.0. The predicted octanol–water partition coefficient (Wildman–Crippen LogP) is 4.59. The number of H-pyrrole nitrogens is 1. The van der Waals surface area contributed by atoms with Crippen LogP contribution in [0.3, 0.4) is 0 Å². The minimum Gasteiger partial charge on any atom is -0.481 e. The van der Waals surface area contributed by atoms with Gasteiger partial charge in [-0.1, -0.05) is 0 Å². The van der Waals surface area contributed by atoms with Gasteiger partial charge in [-0.2, -0.15) is 0 Å². The van der Waals surface area contributed by atoms with Gasteiger partial charge in [0.1, 0.15) is 17.0 Å². The first-order valence-corrected chi connectivity index (χ1v) is 12.1. The molecule has 0 saturated heterocycles. The van der Waals surface area contributed by atoms with E-state index < -0.39 is 17.7 Å². The van der Waals surface area contributed by atoms with Crippen LogP contribution in [0.5, 0.6) is 0 Å². The summed E-state index contributed by atoms with van der Waals surface area (Å²) in [6.07, 6.45) is 9.24. The van der Waals surface area contributed by atoms with Crippen molar-refractivity contribution in [2.75, 3.05) is 5.32 Å². The zero-order valence-corrected chi connectivity index (χ0v) is 18.5. The lowest BCUT2D eigenvalue weighted by Gasteiger charge is -2.47. The van der Waals surface area contributed by atoms with Crippen LogP contribution in [0.2, 0.25) is 0 Å². The maximum absolute atomic E-state index is 14.0. The van der Waals surface area contributed by atoms with Gasteiger partial charge < -0.3 is 15.4 Å². The van der Waals surface area contributed by atoms with Crippen LogP contribution in [0.25, 0.3) is 27.9 Å². The lowest BCUT2D eigenvalue weighted by molar-refractivity contribution is -0.148. The van der Waals surface area contributed by atoms with Gasteiger partial charge in [0.25, 0.3) is 0 Å². The summed E-state index contributed by atoms with van der Waals surface area (Å²) in [5.41, 5.74) is 3.22. The molecular formula is C25H25FN6O2. The highest BCUT2D eigenvalue weighted by Gasteiger charge is 2.47. The van der Waals surface area contributed by atoms with E-state index in [4.69, 9.17) is 10.1 Å². The molecule has 0 aromatic carbocycles. The van der Waals surface area contributed by atoms with Crippen LogP contribution in [0.4, 0.5) is 10.2 Å². The van der Waals surface area contributed by atoms with Crippen LogP contribution >= 0.6 is 0 Å². The fraction of sp³-hybridized carbons (Fsp3) is 0.440. The van der Waals surface area contributed by atoms with E-state index in [1.807, 2.05) is 10.6 Å². The minimum atomic E-state index is -0.732. The van der Waals surface area contributed by atoms with Crippen molar-refractivity contribution in [2.45, 2.75) is 50.5 Å². The molecule has 0 radical (unpaired) electrons. The average Bonchev–Trinajstić information content (AvgIpc) is 3.45. The fourth-order valence-electron chi connectivity index (χ4n) is 6.26. The first kappa shape index (κ1) is 19.9. The number of aliphatic carboxylic acids is 1. The fourth-order valence-corrected chi connectivity index (χ4v) is 6.26. The third-order valence-electron chi connectivity index (χ3n) is 8.08. The van der Waals surface area contributed by atoms with Crippen molar-refractivity contribution in [3.63, 3.8) is 0 Å². The highest BCUT2D eigenvalue weighted by molar-refractivity contribution is 5.92. The number of nitrogens with one attached hydrogen (secondary N) is 2. The molecule has 4 fully saturated rings. The summed E-state index contributed by atoms with van der Waals surface area (Å²) < 4.78 is 15.9. The molecule has 4 aliphatic carbocycles. The largest absolute Gasteiger partial charge is 0.481 e. The molecule has 2 atom stereocenters. The number of rotatable bonds is 5. The smallest absolute Gasteiger partial charge is 0.308 e. The highest BCUT2D eigenvalue weighted by Crippen LogP contribution is 2.47. The maximum atomic E-state index is 14.0. The number of hydrogen-bond acceptors (Lipinski definition) is 5. The number of aromatic nitrogens is 5. The molecule has 0 aliphatic heterocycles. The Hall–Kier alpha value is -3.49. The van der Waals surface area contributed by atoms with Gasteiger partial charge in [-0.25, -0.2) is 18.9 Å². The lowest BCUT2D eigenvalue weighted by Crippen LogP contribution is -2.51.